The summed E-state index contributed by atoms with van der Waals surface area (Å²) in [5.74, 6) is 2.12. The predicted molar refractivity (Wildman–Crippen MR) is 87.6 cm³/mol. The highest BCUT2D eigenvalue weighted by molar-refractivity contribution is 5.66. The number of ether oxygens (including phenoxy) is 2. The van der Waals surface area contributed by atoms with E-state index in [2.05, 4.69) is 23.2 Å². The van der Waals surface area contributed by atoms with Crippen molar-refractivity contribution >= 4 is 5.65 Å². The van der Waals surface area contributed by atoms with Crippen LogP contribution in [0.2, 0.25) is 0 Å². The monoisotopic (exact) mass is 309 g/mol. The molecular formula is C18H19N3O2. The number of hydrogen-bond acceptors (Lipinski definition) is 4. The number of fused-ring (bicyclic) bond motifs is 1. The number of para-hydroxylation sites is 1. The Bertz CT molecular complexity index is 822. The molecule has 1 fully saturated rings. The van der Waals surface area contributed by atoms with Crippen LogP contribution >= 0.6 is 0 Å². The van der Waals surface area contributed by atoms with Gasteiger partial charge in [0.2, 0.25) is 0 Å². The van der Waals surface area contributed by atoms with Gasteiger partial charge in [-0.25, -0.2) is 0 Å². The van der Waals surface area contributed by atoms with Crippen LogP contribution in [-0.4, -0.2) is 34.4 Å². The highest BCUT2D eigenvalue weighted by atomic mass is 16.5. The number of pyridine rings is 1. The fourth-order valence-electron chi connectivity index (χ4n) is 2.88. The van der Waals surface area contributed by atoms with Gasteiger partial charge < -0.3 is 9.47 Å². The number of rotatable bonds is 4. The first-order valence-corrected chi connectivity index (χ1v) is 7.92. The minimum atomic E-state index is 0.473. The fraction of sp³-hybridized carbons (Fsp3) is 0.333. The quantitative estimate of drug-likeness (QED) is 0.743. The molecule has 4 rings (SSSR count). The maximum Gasteiger partial charge on any atom is 0.172 e. The Labute approximate surface area is 134 Å². The third kappa shape index (κ3) is 2.80. The molecule has 0 amide bonds. The summed E-state index contributed by atoms with van der Waals surface area (Å²) in [4.78, 5) is 0. The van der Waals surface area contributed by atoms with Crippen LogP contribution in [0.25, 0.3) is 17.0 Å². The Morgan fingerprint density at radius 2 is 2.17 bits per heavy atom. The Morgan fingerprint density at radius 3 is 3.04 bits per heavy atom. The molecule has 0 bridgehead atoms. The molecular weight excluding hydrogens is 290 g/mol. The van der Waals surface area contributed by atoms with Gasteiger partial charge >= 0.3 is 0 Å². The molecule has 2 aromatic heterocycles. The van der Waals surface area contributed by atoms with Gasteiger partial charge in [-0.3, -0.25) is 4.40 Å². The average Bonchev–Trinajstić information content (AvgIpc) is 3.22. The second kappa shape index (κ2) is 6.01. The van der Waals surface area contributed by atoms with Gasteiger partial charge in [0.1, 0.15) is 5.75 Å². The standard InChI is InChI=1S/C18H19N3O2/c1-13-6-8-21-17(10-13)19-20-18(21)15-4-2-3-5-16(15)23-12-14-7-9-22-11-14/h2-6,8,10,14H,7,9,11-12H2,1H3. The molecule has 1 aromatic carbocycles. The normalized spacial score (nSPS) is 17.7. The van der Waals surface area contributed by atoms with E-state index in [4.69, 9.17) is 9.47 Å². The SMILES string of the molecule is Cc1ccn2c(-c3ccccc3OCC3CCOC3)nnc2c1. The Hall–Kier alpha value is -2.40. The molecule has 5 heteroatoms. The molecule has 0 spiro atoms. The third-order valence-electron chi connectivity index (χ3n) is 4.19. The fourth-order valence-corrected chi connectivity index (χ4v) is 2.88. The summed E-state index contributed by atoms with van der Waals surface area (Å²) in [5, 5.41) is 8.63. The lowest BCUT2D eigenvalue weighted by Gasteiger charge is -2.13. The zero-order valence-electron chi connectivity index (χ0n) is 13.1. The van der Waals surface area contributed by atoms with Crippen molar-refractivity contribution in [2.75, 3.05) is 19.8 Å². The minimum Gasteiger partial charge on any atom is -0.492 e. The number of nitrogens with zero attached hydrogens (tertiary/aromatic N) is 3. The second-order valence-corrected chi connectivity index (χ2v) is 5.99. The number of hydrogen-bond donors (Lipinski definition) is 0. The summed E-state index contributed by atoms with van der Waals surface area (Å²) in [6, 6.07) is 12.1. The predicted octanol–water partition coefficient (Wildman–Crippen LogP) is 3.12. The lowest BCUT2D eigenvalue weighted by Crippen LogP contribution is -2.12. The van der Waals surface area contributed by atoms with Crippen molar-refractivity contribution < 1.29 is 9.47 Å². The molecule has 0 saturated carbocycles. The molecule has 1 saturated heterocycles. The van der Waals surface area contributed by atoms with Crippen molar-refractivity contribution in [1.29, 1.82) is 0 Å². The van der Waals surface area contributed by atoms with Crippen LogP contribution in [0.3, 0.4) is 0 Å². The van der Waals surface area contributed by atoms with Crippen molar-refractivity contribution in [2.24, 2.45) is 5.92 Å². The van der Waals surface area contributed by atoms with Crippen LogP contribution in [0.5, 0.6) is 5.75 Å². The van der Waals surface area contributed by atoms with Crippen LogP contribution < -0.4 is 4.74 Å². The zero-order valence-corrected chi connectivity index (χ0v) is 13.1. The van der Waals surface area contributed by atoms with Crippen molar-refractivity contribution in [1.82, 2.24) is 14.6 Å². The molecule has 0 aliphatic carbocycles. The van der Waals surface area contributed by atoms with E-state index in [-0.39, 0.29) is 0 Å². The van der Waals surface area contributed by atoms with Crippen molar-refractivity contribution in [2.45, 2.75) is 13.3 Å². The molecule has 23 heavy (non-hydrogen) atoms. The van der Waals surface area contributed by atoms with Gasteiger partial charge in [0.15, 0.2) is 11.5 Å². The van der Waals surface area contributed by atoms with Crippen LogP contribution in [0.1, 0.15) is 12.0 Å². The van der Waals surface area contributed by atoms with Gasteiger partial charge in [0, 0.05) is 18.7 Å². The Kier molecular flexibility index (Phi) is 3.71. The van der Waals surface area contributed by atoms with Crippen LogP contribution in [0, 0.1) is 12.8 Å². The molecule has 1 atom stereocenters. The molecule has 1 aliphatic heterocycles. The Morgan fingerprint density at radius 1 is 1.26 bits per heavy atom. The van der Waals surface area contributed by atoms with Crippen molar-refractivity contribution in [3.63, 3.8) is 0 Å². The second-order valence-electron chi connectivity index (χ2n) is 5.99. The number of aryl methyl sites for hydroxylation is 1. The maximum absolute atomic E-state index is 6.06. The molecule has 0 N–H and O–H groups in total. The van der Waals surface area contributed by atoms with E-state index in [9.17, 15) is 0 Å². The van der Waals surface area contributed by atoms with Gasteiger partial charge in [-0.1, -0.05) is 12.1 Å². The van der Waals surface area contributed by atoms with Crippen LogP contribution in [-0.2, 0) is 4.74 Å². The molecule has 1 aliphatic rings. The summed E-state index contributed by atoms with van der Waals surface area (Å²) in [7, 11) is 0. The van der Waals surface area contributed by atoms with E-state index in [1.54, 1.807) is 0 Å². The average molecular weight is 309 g/mol. The first kappa shape index (κ1) is 14.2. The van der Waals surface area contributed by atoms with Crippen molar-refractivity contribution in [3.05, 3.63) is 48.2 Å². The summed E-state index contributed by atoms with van der Waals surface area (Å²) < 4.78 is 13.5. The van der Waals surface area contributed by atoms with Gasteiger partial charge in [0.05, 0.1) is 18.8 Å². The van der Waals surface area contributed by atoms with E-state index >= 15 is 0 Å². The Balaban J connectivity index is 1.67. The number of aromatic nitrogens is 3. The molecule has 3 aromatic rings. The van der Waals surface area contributed by atoms with E-state index in [0.29, 0.717) is 12.5 Å². The molecule has 5 nitrogen and oxygen atoms in total. The summed E-state index contributed by atoms with van der Waals surface area (Å²) in [6.07, 6.45) is 3.07. The largest absolute Gasteiger partial charge is 0.492 e. The van der Waals surface area contributed by atoms with Crippen molar-refractivity contribution in [3.8, 4) is 17.1 Å². The summed E-state index contributed by atoms with van der Waals surface area (Å²) in [6.45, 7) is 4.35. The van der Waals surface area contributed by atoms with Gasteiger partial charge in [-0.15, -0.1) is 10.2 Å². The summed E-state index contributed by atoms with van der Waals surface area (Å²) >= 11 is 0. The number of benzene rings is 1. The highest BCUT2D eigenvalue weighted by Crippen LogP contribution is 2.29. The smallest absolute Gasteiger partial charge is 0.172 e. The van der Waals surface area contributed by atoms with Gasteiger partial charge in [-0.2, -0.15) is 0 Å². The van der Waals surface area contributed by atoms with Crippen LogP contribution in [0.4, 0.5) is 0 Å². The van der Waals surface area contributed by atoms with Gasteiger partial charge in [-0.05, 0) is 43.2 Å². The lowest BCUT2D eigenvalue weighted by molar-refractivity contribution is 0.167. The lowest BCUT2D eigenvalue weighted by atomic mass is 10.1. The third-order valence-corrected chi connectivity index (χ3v) is 4.19. The molecule has 3 heterocycles. The summed E-state index contributed by atoms with van der Waals surface area (Å²) in [5.41, 5.74) is 2.98. The molecule has 118 valence electrons. The maximum atomic E-state index is 6.06. The van der Waals surface area contributed by atoms with Crippen LogP contribution in [0.15, 0.2) is 42.6 Å². The first-order valence-electron chi connectivity index (χ1n) is 7.92. The highest BCUT2D eigenvalue weighted by Gasteiger charge is 2.18. The topological polar surface area (TPSA) is 48.7 Å². The molecule has 0 radical (unpaired) electrons. The minimum absolute atomic E-state index is 0.473. The first-order chi connectivity index (χ1) is 11.3. The van der Waals surface area contributed by atoms with Gasteiger partial charge in [0.25, 0.3) is 0 Å². The van der Waals surface area contributed by atoms with E-state index < -0.39 is 0 Å². The molecule has 1 unspecified atom stereocenters. The zero-order chi connectivity index (χ0) is 15.6. The van der Waals surface area contributed by atoms with E-state index in [1.807, 2.05) is 40.9 Å². The van der Waals surface area contributed by atoms with E-state index in [1.165, 1.54) is 5.56 Å². The van der Waals surface area contributed by atoms with E-state index in [0.717, 1.165) is 42.4 Å².